The summed E-state index contributed by atoms with van der Waals surface area (Å²) < 4.78 is 48.3. The monoisotopic (exact) mass is 349 g/mol. The SMILES string of the molecule is COc1ccc(Cn2cncn2)cc1-c1cccc(OC(F)(F)F)c1. The van der Waals surface area contributed by atoms with E-state index in [-0.39, 0.29) is 5.75 Å². The molecule has 130 valence electrons. The van der Waals surface area contributed by atoms with Gasteiger partial charge in [0.15, 0.2) is 0 Å². The van der Waals surface area contributed by atoms with Gasteiger partial charge in [-0.3, -0.25) is 0 Å². The molecule has 3 aromatic rings. The maximum atomic E-state index is 12.4. The third-order valence-electron chi connectivity index (χ3n) is 3.45. The second-order valence-corrected chi connectivity index (χ2v) is 5.20. The summed E-state index contributed by atoms with van der Waals surface area (Å²) in [5, 5.41) is 4.04. The van der Waals surface area contributed by atoms with Gasteiger partial charge in [0.05, 0.1) is 13.7 Å². The molecule has 0 bridgehead atoms. The topological polar surface area (TPSA) is 49.2 Å². The molecule has 1 heterocycles. The lowest BCUT2D eigenvalue weighted by atomic mass is 10.0. The van der Waals surface area contributed by atoms with Gasteiger partial charge in [-0.1, -0.05) is 18.2 Å². The van der Waals surface area contributed by atoms with Crippen LogP contribution in [0.1, 0.15) is 5.56 Å². The third-order valence-corrected chi connectivity index (χ3v) is 3.45. The van der Waals surface area contributed by atoms with E-state index in [1.807, 2.05) is 12.1 Å². The van der Waals surface area contributed by atoms with E-state index in [0.29, 0.717) is 23.4 Å². The average Bonchev–Trinajstić information content (AvgIpc) is 3.06. The first-order valence-corrected chi connectivity index (χ1v) is 7.30. The molecule has 0 aliphatic carbocycles. The van der Waals surface area contributed by atoms with Crippen LogP contribution >= 0.6 is 0 Å². The van der Waals surface area contributed by atoms with Crippen molar-refractivity contribution in [2.45, 2.75) is 12.9 Å². The first-order chi connectivity index (χ1) is 11.9. The standard InChI is InChI=1S/C17H14F3N3O2/c1-24-16-6-5-12(9-23-11-21-10-22-23)7-15(16)13-3-2-4-14(8-13)25-17(18,19)20/h2-8,10-11H,9H2,1H3. The predicted molar refractivity (Wildman–Crippen MR) is 84.2 cm³/mol. The van der Waals surface area contributed by atoms with E-state index in [1.165, 1.54) is 31.6 Å². The van der Waals surface area contributed by atoms with Crippen LogP contribution in [0.15, 0.2) is 55.1 Å². The van der Waals surface area contributed by atoms with Crippen LogP contribution < -0.4 is 9.47 Å². The van der Waals surface area contributed by atoms with Gasteiger partial charge in [0.1, 0.15) is 24.2 Å². The Labute approximate surface area is 141 Å². The first-order valence-electron chi connectivity index (χ1n) is 7.30. The number of ether oxygens (including phenoxy) is 2. The summed E-state index contributed by atoms with van der Waals surface area (Å²) in [5.74, 6) is 0.264. The first kappa shape index (κ1) is 16.8. The van der Waals surface area contributed by atoms with Crippen LogP contribution in [0.2, 0.25) is 0 Å². The van der Waals surface area contributed by atoms with Crippen molar-refractivity contribution in [2.24, 2.45) is 0 Å². The summed E-state index contributed by atoms with van der Waals surface area (Å²) in [6.07, 6.45) is -1.72. The molecule has 0 spiro atoms. The van der Waals surface area contributed by atoms with Crippen LogP contribution in [0.25, 0.3) is 11.1 Å². The fraction of sp³-hybridized carbons (Fsp3) is 0.176. The molecule has 2 aromatic carbocycles. The summed E-state index contributed by atoms with van der Waals surface area (Å²) in [6.45, 7) is 0.482. The van der Waals surface area contributed by atoms with Crippen LogP contribution in [0, 0.1) is 0 Å². The Bertz CT molecular complexity index is 849. The van der Waals surface area contributed by atoms with Gasteiger partial charge >= 0.3 is 6.36 Å². The van der Waals surface area contributed by atoms with Crippen molar-refractivity contribution in [1.82, 2.24) is 14.8 Å². The summed E-state index contributed by atoms with van der Waals surface area (Å²) in [7, 11) is 1.51. The van der Waals surface area contributed by atoms with Crippen molar-refractivity contribution in [2.75, 3.05) is 7.11 Å². The second-order valence-electron chi connectivity index (χ2n) is 5.20. The van der Waals surface area contributed by atoms with E-state index in [9.17, 15) is 13.2 Å². The average molecular weight is 349 g/mol. The summed E-state index contributed by atoms with van der Waals surface area (Å²) >= 11 is 0. The van der Waals surface area contributed by atoms with Crippen molar-refractivity contribution in [3.8, 4) is 22.6 Å². The minimum atomic E-state index is -4.74. The number of methoxy groups -OCH3 is 1. The molecule has 0 aliphatic heterocycles. The van der Waals surface area contributed by atoms with E-state index >= 15 is 0 Å². The Morgan fingerprint density at radius 2 is 1.96 bits per heavy atom. The number of rotatable bonds is 5. The fourth-order valence-electron chi connectivity index (χ4n) is 2.44. The second kappa shape index (κ2) is 6.84. The molecule has 0 aliphatic rings. The quantitative estimate of drug-likeness (QED) is 0.701. The van der Waals surface area contributed by atoms with E-state index in [0.717, 1.165) is 5.56 Å². The molecule has 0 atom stereocenters. The van der Waals surface area contributed by atoms with Gasteiger partial charge in [-0.05, 0) is 35.4 Å². The number of halogens is 3. The Morgan fingerprint density at radius 1 is 1.12 bits per heavy atom. The molecular weight excluding hydrogens is 335 g/mol. The summed E-state index contributed by atoms with van der Waals surface area (Å²) in [4.78, 5) is 3.88. The largest absolute Gasteiger partial charge is 0.573 e. The van der Waals surface area contributed by atoms with Gasteiger partial charge in [-0.15, -0.1) is 13.2 Å². The molecule has 3 rings (SSSR count). The van der Waals surface area contributed by atoms with Crippen LogP contribution in [-0.4, -0.2) is 28.2 Å². The zero-order valence-corrected chi connectivity index (χ0v) is 13.2. The molecule has 0 saturated carbocycles. The van der Waals surface area contributed by atoms with Crippen LogP contribution in [0.4, 0.5) is 13.2 Å². The van der Waals surface area contributed by atoms with E-state index in [2.05, 4.69) is 14.8 Å². The summed E-state index contributed by atoms with van der Waals surface area (Å²) in [6, 6.07) is 11.2. The lowest BCUT2D eigenvalue weighted by Gasteiger charge is -2.13. The third kappa shape index (κ3) is 4.28. The molecule has 0 fully saturated rings. The van der Waals surface area contributed by atoms with Crippen molar-refractivity contribution in [3.05, 3.63) is 60.7 Å². The zero-order valence-electron chi connectivity index (χ0n) is 13.2. The molecule has 8 heteroatoms. The van der Waals surface area contributed by atoms with Crippen LogP contribution in [0.5, 0.6) is 11.5 Å². The number of aromatic nitrogens is 3. The van der Waals surface area contributed by atoms with Crippen molar-refractivity contribution < 1.29 is 22.6 Å². The number of alkyl halides is 3. The summed E-state index contributed by atoms with van der Waals surface area (Å²) in [5.41, 5.74) is 2.12. The molecule has 0 unspecified atom stereocenters. The number of benzene rings is 2. The molecular formula is C17H14F3N3O2. The minimum Gasteiger partial charge on any atom is -0.496 e. The highest BCUT2D eigenvalue weighted by molar-refractivity contribution is 5.72. The zero-order chi connectivity index (χ0) is 17.9. The maximum absolute atomic E-state index is 12.4. The number of hydrogen-bond acceptors (Lipinski definition) is 4. The van der Waals surface area contributed by atoms with Gasteiger partial charge < -0.3 is 9.47 Å². The molecule has 0 amide bonds. The number of nitrogens with zero attached hydrogens (tertiary/aromatic N) is 3. The van der Waals surface area contributed by atoms with Crippen molar-refractivity contribution >= 4 is 0 Å². The van der Waals surface area contributed by atoms with Gasteiger partial charge in [0.25, 0.3) is 0 Å². The molecule has 25 heavy (non-hydrogen) atoms. The molecule has 5 nitrogen and oxygen atoms in total. The van der Waals surface area contributed by atoms with Crippen molar-refractivity contribution in [3.63, 3.8) is 0 Å². The van der Waals surface area contributed by atoms with Gasteiger partial charge in [0, 0.05) is 5.56 Å². The van der Waals surface area contributed by atoms with E-state index in [1.54, 1.807) is 23.1 Å². The van der Waals surface area contributed by atoms with Gasteiger partial charge in [-0.25, -0.2) is 9.67 Å². The lowest BCUT2D eigenvalue weighted by Crippen LogP contribution is -2.17. The molecule has 0 radical (unpaired) electrons. The fourth-order valence-corrected chi connectivity index (χ4v) is 2.44. The van der Waals surface area contributed by atoms with Gasteiger partial charge in [-0.2, -0.15) is 5.10 Å². The van der Waals surface area contributed by atoms with Crippen LogP contribution in [0.3, 0.4) is 0 Å². The molecule has 1 aromatic heterocycles. The Balaban J connectivity index is 1.96. The van der Waals surface area contributed by atoms with Gasteiger partial charge in [0.2, 0.25) is 0 Å². The lowest BCUT2D eigenvalue weighted by molar-refractivity contribution is -0.274. The molecule has 0 N–H and O–H groups in total. The van der Waals surface area contributed by atoms with E-state index in [4.69, 9.17) is 4.74 Å². The Hall–Kier alpha value is -3.03. The normalized spacial score (nSPS) is 11.4. The van der Waals surface area contributed by atoms with Crippen LogP contribution in [-0.2, 0) is 6.54 Å². The predicted octanol–water partition coefficient (Wildman–Crippen LogP) is 3.90. The highest BCUT2D eigenvalue weighted by atomic mass is 19.4. The van der Waals surface area contributed by atoms with E-state index < -0.39 is 6.36 Å². The minimum absolute atomic E-state index is 0.284. The highest BCUT2D eigenvalue weighted by Crippen LogP contribution is 2.34. The number of hydrogen-bond donors (Lipinski definition) is 0. The van der Waals surface area contributed by atoms with Crippen molar-refractivity contribution in [1.29, 1.82) is 0 Å². The maximum Gasteiger partial charge on any atom is 0.573 e. The highest BCUT2D eigenvalue weighted by Gasteiger charge is 2.31. The Morgan fingerprint density at radius 3 is 2.64 bits per heavy atom. The molecule has 0 saturated heterocycles. The smallest absolute Gasteiger partial charge is 0.496 e. The Kier molecular flexibility index (Phi) is 4.60.